The minimum Gasteiger partial charge on any atom is -0.487 e. The minimum absolute atomic E-state index is 0.443. The number of hydrogen-bond donors (Lipinski definition) is 0. The molecule has 90 valence electrons. The quantitative estimate of drug-likeness (QED) is 0.791. The second kappa shape index (κ2) is 6.03. The Kier molecular flexibility index (Phi) is 4.40. The number of nitrogens with zero attached hydrogens (tertiary/aromatic N) is 1. The molecule has 0 aliphatic heterocycles. The molecule has 0 heterocycles. The van der Waals surface area contributed by atoms with E-state index in [1.165, 1.54) is 0 Å². The van der Waals surface area contributed by atoms with Crippen molar-refractivity contribution in [3.8, 4) is 11.8 Å². The van der Waals surface area contributed by atoms with Crippen LogP contribution in [0.25, 0.3) is 0 Å². The molecule has 0 aliphatic carbocycles. The molecule has 0 radical (unpaired) electrons. The first-order valence-electron chi connectivity index (χ1n) is 5.26. The highest BCUT2D eigenvalue weighted by Crippen LogP contribution is 2.26. The number of rotatable bonds is 3. The summed E-state index contributed by atoms with van der Waals surface area (Å²) >= 11 is 6.72. The van der Waals surface area contributed by atoms with Gasteiger partial charge in [0.1, 0.15) is 24.0 Å². The Morgan fingerprint density at radius 2 is 1.78 bits per heavy atom. The lowest BCUT2D eigenvalue weighted by atomic mass is 10.2. The smallest absolute Gasteiger partial charge is 0.138 e. The maximum Gasteiger partial charge on any atom is 0.138 e. The third-order valence-electron chi connectivity index (χ3n) is 2.39. The highest BCUT2D eigenvalue weighted by atomic mass is 79.9. The molecule has 2 rings (SSSR count). The maximum atomic E-state index is 9.07. The monoisotopic (exact) mass is 365 g/mol. The summed E-state index contributed by atoms with van der Waals surface area (Å²) in [6, 6.07) is 15.5. The number of nitriles is 1. The van der Waals surface area contributed by atoms with E-state index >= 15 is 0 Å². The largest absolute Gasteiger partial charge is 0.487 e. The molecule has 4 heteroatoms. The van der Waals surface area contributed by atoms with Gasteiger partial charge in [-0.1, -0.05) is 34.1 Å². The normalized spacial score (nSPS) is 9.83. The van der Waals surface area contributed by atoms with E-state index in [9.17, 15) is 0 Å². The summed E-state index contributed by atoms with van der Waals surface area (Å²) in [5.41, 5.74) is 1.58. The van der Waals surface area contributed by atoms with Crippen LogP contribution in [0.2, 0.25) is 0 Å². The van der Waals surface area contributed by atoms with Gasteiger partial charge in [-0.2, -0.15) is 5.26 Å². The molecule has 2 aromatic carbocycles. The van der Waals surface area contributed by atoms with E-state index in [1.54, 1.807) is 6.07 Å². The van der Waals surface area contributed by atoms with Crippen molar-refractivity contribution in [2.24, 2.45) is 0 Å². The van der Waals surface area contributed by atoms with Crippen LogP contribution in [0.3, 0.4) is 0 Å². The molecule has 0 spiro atoms. The van der Waals surface area contributed by atoms with Gasteiger partial charge in [-0.05, 0) is 45.8 Å². The third kappa shape index (κ3) is 3.12. The summed E-state index contributed by atoms with van der Waals surface area (Å²) in [4.78, 5) is 0. The fourth-order valence-corrected chi connectivity index (χ4v) is 2.18. The van der Waals surface area contributed by atoms with Gasteiger partial charge in [-0.25, -0.2) is 0 Å². The Bertz CT molecular complexity index is 588. The summed E-state index contributed by atoms with van der Waals surface area (Å²) in [7, 11) is 0. The average Bonchev–Trinajstić information content (AvgIpc) is 2.38. The molecule has 0 fully saturated rings. The Hall–Kier alpha value is -1.31. The van der Waals surface area contributed by atoms with E-state index in [1.807, 2.05) is 36.4 Å². The second-order valence-corrected chi connectivity index (χ2v) is 5.41. The number of halogens is 2. The molecule has 0 N–H and O–H groups in total. The van der Waals surface area contributed by atoms with Crippen LogP contribution < -0.4 is 4.74 Å². The van der Waals surface area contributed by atoms with Gasteiger partial charge in [-0.3, -0.25) is 0 Å². The first-order valence-corrected chi connectivity index (χ1v) is 6.85. The zero-order valence-electron chi connectivity index (χ0n) is 9.36. The van der Waals surface area contributed by atoms with Crippen LogP contribution in [0.5, 0.6) is 5.75 Å². The summed E-state index contributed by atoms with van der Waals surface area (Å²) in [6.45, 7) is 0.443. The molecule has 0 aromatic heterocycles. The number of hydrogen-bond acceptors (Lipinski definition) is 2. The summed E-state index contributed by atoms with van der Waals surface area (Å²) < 4.78 is 7.45. The topological polar surface area (TPSA) is 33.0 Å². The minimum atomic E-state index is 0.443. The lowest BCUT2D eigenvalue weighted by Crippen LogP contribution is -1.97. The van der Waals surface area contributed by atoms with Crippen LogP contribution in [-0.2, 0) is 6.61 Å². The Morgan fingerprint density at radius 1 is 1.06 bits per heavy atom. The lowest BCUT2D eigenvalue weighted by Gasteiger charge is -2.08. The molecule has 0 bridgehead atoms. The van der Waals surface area contributed by atoms with Crippen molar-refractivity contribution in [2.75, 3.05) is 0 Å². The fourth-order valence-electron chi connectivity index (χ4n) is 1.47. The number of ether oxygens (including phenoxy) is 1. The molecule has 0 saturated carbocycles. The molecule has 0 aliphatic rings. The van der Waals surface area contributed by atoms with E-state index in [2.05, 4.69) is 37.9 Å². The third-order valence-corrected chi connectivity index (χ3v) is 3.58. The Morgan fingerprint density at radius 3 is 2.44 bits per heavy atom. The van der Waals surface area contributed by atoms with E-state index in [0.717, 1.165) is 14.5 Å². The predicted octanol–water partition coefficient (Wildman–Crippen LogP) is 4.66. The lowest BCUT2D eigenvalue weighted by molar-refractivity contribution is 0.305. The van der Waals surface area contributed by atoms with E-state index in [4.69, 9.17) is 10.00 Å². The van der Waals surface area contributed by atoms with Gasteiger partial charge in [0.25, 0.3) is 0 Å². The van der Waals surface area contributed by atoms with Gasteiger partial charge in [0, 0.05) is 8.95 Å². The first kappa shape index (κ1) is 13.1. The van der Waals surface area contributed by atoms with Crippen molar-refractivity contribution >= 4 is 31.9 Å². The van der Waals surface area contributed by atoms with Crippen LogP contribution in [0.1, 0.15) is 11.1 Å². The SMILES string of the molecule is N#Cc1c(Br)cccc1OCc1ccc(Br)cc1. The van der Waals surface area contributed by atoms with E-state index in [0.29, 0.717) is 17.9 Å². The maximum absolute atomic E-state index is 9.07. The molecule has 0 amide bonds. The van der Waals surface area contributed by atoms with Crippen molar-refractivity contribution in [3.05, 3.63) is 62.5 Å². The highest BCUT2D eigenvalue weighted by Gasteiger charge is 2.07. The summed E-state index contributed by atoms with van der Waals surface area (Å²) in [5.74, 6) is 0.592. The van der Waals surface area contributed by atoms with Gasteiger partial charge in [0.05, 0.1) is 0 Å². The first-order chi connectivity index (χ1) is 8.70. The van der Waals surface area contributed by atoms with Gasteiger partial charge >= 0.3 is 0 Å². The molecular formula is C14H9Br2NO. The summed E-state index contributed by atoms with van der Waals surface area (Å²) in [6.07, 6.45) is 0. The molecule has 0 unspecified atom stereocenters. The van der Waals surface area contributed by atoms with Crippen molar-refractivity contribution < 1.29 is 4.74 Å². The van der Waals surface area contributed by atoms with Crippen molar-refractivity contribution in [3.63, 3.8) is 0 Å². The van der Waals surface area contributed by atoms with Crippen molar-refractivity contribution in [1.82, 2.24) is 0 Å². The molecule has 18 heavy (non-hydrogen) atoms. The standard InChI is InChI=1S/C14H9Br2NO/c15-11-6-4-10(5-7-11)9-18-14-3-1-2-13(16)12(14)8-17/h1-7H,9H2. The van der Waals surface area contributed by atoms with Crippen molar-refractivity contribution in [1.29, 1.82) is 5.26 Å². The molecule has 0 atom stereocenters. The zero-order valence-corrected chi connectivity index (χ0v) is 12.5. The van der Waals surface area contributed by atoms with Gasteiger partial charge in [0.2, 0.25) is 0 Å². The summed E-state index contributed by atoms with van der Waals surface area (Å²) in [5, 5.41) is 9.07. The van der Waals surface area contributed by atoms with Crippen LogP contribution in [0.4, 0.5) is 0 Å². The Balaban J connectivity index is 2.14. The van der Waals surface area contributed by atoms with Crippen LogP contribution in [0.15, 0.2) is 51.4 Å². The second-order valence-electron chi connectivity index (χ2n) is 3.64. The van der Waals surface area contributed by atoms with Crippen LogP contribution in [0, 0.1) is 11.3 Å². The van der Waals surface area contributed by atoms with Crippen LogP contribution in [-0.4, -0.2) is 0 Å². The van der Waals surface area contributed by atoms with Gasteiger partial charge in [0.15, 0.2) is 0 Å². The highest BCUT2D eigenvalue weighted by molar-refractivity contribution is 9.10. The molecular weight excluding hydrogens is 358 g/mol. The van der Waals surface area contributed by atoms with E-state index in [-0.39, 0.29) is 0 Å². The number of benzene rings is 2. The molecule has 0 saturated heterocycles. The van der Waals surface area contributed by atoms with Crippen molar-refractivity contribution in [2.45, 2.75) is 6.61 Å². The van der Waals surface area contributed by atoms with E-state index < -0.39 is 0 Å². The Labute approximate surface area is 122 Å². The van der Waals surface area contributed by atoms with Gasteiger partial charge in [-0.15, -0.1) is 0 Å². The van der Waals surface area contributed by atoms with Crippen LogP contribution >= 0.6 is 31.9 Å². The zero-order chi connectivity index (χ0) is 13.0. The molecule has 2 aromatic rings. The predicted molar refractivity (Wildman–Crippen MR) is 77.3 cm³/mol. The fraction of sp³-hybridized carbons (Fsp3) is 0.0714. The van der Waals surface area contributed by atoms with Gasteiger partial charge < -0.3 is 4.74 Å². The average molecular weight is 367 g/mol. The molecule has 2 nitrogen and oxygen atoms in total.